The maximum Gasteiger partial charge on any atom is 0.326 e. The number of para-hydroxylation sites is 2. The summed E-state index contributed by atoms with van der Waals surface area (Å²) in [5, 5.41) is 2.54. The highest BCUT2D eigenvalue weighted by atomic mass is 32.2. The Hall–Kier alpha value is -2.87. The van der Waals surface area contributed by atoms with E-state index in [1.807, 2.05) is 30.5 Å². The minimum Gasteiger partial charge on any atom is -0.454 e. The highest BCUT2D eigenvalue weighted by Gasteiger charge is 2.15. The molecular weight excluding hydrogens is 369 g/mol. The van der Waals surface area contributed by atoms with Crippen LogP contribution >= 0.6 is 11.8 Å². The highest BCUT2D eigenvalue weighted by Crippen LogP contribution is 2.19. The summed E-state index contributed by atoms with van der Waals surface area (Å²) in [6, 6.07) is 12.9. The lowest BCUT2D eigenvalue weighted by atomic mass is 10.3. The summed E-state index contributed by atoms with van der Waals surface area (Å²) in [7, 11) is 0. The normalized spacial score (nSPS) is 10.7. The van der Waals surface area contributed by atoms with Crippen LogP contribution in [0.25, 0.3) is 11.0 Å². The van der Waals surface area contributed by atoms with Crippen LogP contribution in [0.3, 0.4) is 0 Å². The molecule has 6 nitrogen and oxygen atoms in total. The van der Waals surface area contributed by atoms with Gasteiger partial charge < -0.3 is 14.6 Å². The monoisotopic (exact) mass is 387 g/mol. The second-order valence-corrected chi connectivity index (χ2v) is 6.62. The first-order chi connectivity index (χ1) is 13.1. The average molecular weight is 387 g/mol. The van der Waals surface area contributed by atoms with Crippen molar-refractivity contribution in [1.29, 1.82) is 0 Å². The van der Waals surface area contributed by atoms with Gasteiger partial charge in [-0.15, -0.1) is 0 Å². The number of halogens is 1. The summed E-state index contributed by atoms with van der Waals surface area (Å²) in [6.45, 7) is -0.444. The topological polar surface area (TPSA) is 73.2 Å². The number of esters is 1. The van der Waals surface area contributed by atoms with Gasteiger partial charge in [-0.1, -0.05) is 12.1 Å². The molecule has 0 bridgehead atoms. The van der Waals surface area contributed by atoms with Gasteiger partial charge in [0.1, 0.15) is 18.2 Å². The maximum atomic E-state index is 12.9. The lowest BCUT2D eigenvalue weighted by Crippen LogP contribution is -2.23. The molecule has 2 aromatic carbocycles. The first-order valence-electron chi connectivity index (χ1n) is 8.21. The summed E-state index contributed by atoms with van der Waals surface area (Å²) in [6.07, 6.45) is 1.96. The standard InChI is InChI=1S/C19H18FN3O3S/c1-27-12-17-22-15-4-2-3-5-16(15)23(17)10-19(25)26-11-18(24)21-14-8-6-13(20)7-9-14/h2-9H,10-12H2,1H3,(H,21,24). The number of ether oxygens (including phenoxy) is 1. The van der Waals surface area contributed by atoms with E-state index in [4.69, 9.17) is 4.74 Å². The largest absolute Gasteiger partial charge is 0.454 e. The first-order valence-corrected chi connectivity index (χ1v) is 9.60. The Labute approximate surface area is 159 Å². The Morgan fingerprint density at radius 3 is 2.67 bits per heavy atom. The third-order valence-electron chi connectivity index (χ3n) is 3.79. The number of rotatable bonds is 7. The molecule has 1 N–H and O–H groups in total. The van der Waals surface area contributed by atoms with E-state index < -0.39 is 24.3 Å². The van der Waals surface area contributed by atoms with E-state index in [1.165, 1.54) is 24.3 Å². The Morgan fingerprint density at radius 2 is 1.93 bits per heavy atom. The molecule has 1 heterocycles. The third-order valence-corrected chi connectivity index (χ3v) is 4.33. The number of benzene rings is 2. The molecule has 3 aromatic rings. The molecule has 0 saturated heterocycles. The fourth-order valence-electron chi connectivity index (χ4n) is 2.59. The van der Waals surface area contributed by atoms with E-state index in [0.29, 0.717) is 11.4 Å². The van der Waals surface area contributed by atoms with Crippen LogP contribution in [-0.2, 0) is 26.6 Å². The average Bonchev–Trinajstić information content (AvgIpc) is 3.00. The molecule has 0 saturated carbocycles. The van der Waals surface area contributed by atoms with Gasteiger partial charge >= 0.3 is 5.97 Å². The number of carbonyl (C=O) groups is 2. The van der Waals surface area contributed by atoms with Crippen LogP contribution in [0.15, 0.2) is 48.5 Å². The van der Waals surface area contributed by atoms with Crippen molar-refractivity contribution in [1.82, 2.24) is 9.55 Å². The van der Waals surface area contributed by atoms with Gasteiger partial charge in [-0.05, 0) is 42.7 Å². The maximum absolute atomic E-state index is 12.9. The molecule has 0 atom stereocenters. The molecule has 3 rings (SSSR count). The Balaban J connectivity index is 1.60. The molecule has 0 unspecified atom stereocenters. The third kappa shape index (κ3) is 4.85. The van der Waals surface area contributed by atoms with E-state index in [1.54, 1.807) is 16.3 Å². The van der Waals surface area contributed by atoms with Crippen LogP contribution in [0, 0.1) is 5.82 Å². The van der Waals surface area contributed by atoms with Crippen LogP contribution in [0.5, 0.6) is 0 Å². The number of amides is 1. The van der Waals surface area contributed by atoms with Gasteiger partial charge in [0.25, 0.3) is 5.91 Å². The molecule has 27 heavy (non-hydrogen) atoms. The van der Waals surface area contributed by atoms with E-state index in [2.05, 4.69) is 10.3 Å². The molecule has 0 aliphatic heterocycles. The highest BCUT2D eigenvalue weighted by molar-refractivity contribution is 7.97. The molecule has 1 aromatic heterocycles. The fourth-order valence-corrected chi connectivity index (χ4v) is 3.07. The Morgan fingerprint density at radius 1 is 1.19 bits per heavy atom. The van der Waals surface area contributed by atoms with Crippen molar-refractivity contribution < 1.29 is 18.7 Å². The van der Waals surface area contributed by atoms with Gasteiger partial charge in [0.05, 0.1) is 16.8 Å². The summed E-state index contributed by atoms with van der Waals surface area (Å²) >= 11 is 1.61. The van der Waals surface area contributed by atoms with Crippen LogP contribution in [-0.4, -0.2) is 34.3 Å². The van der Waals surface area contributed by atoms with Crippen molar-refractivity contribution in [3.05, 3.63) is 60.2 Å². The van der Waals surface area contributed by atoms with Gasteiger partial charge in [-0.25, -0.2) is 9.37 Å². The number of aromatic nitrogens is 2. The Kier molecular flexibility index (Phi) is 6.08. The number of nitrogens with one attached hydrogen (secondary N) is 1. The van der Waals surface area contributed by atoms with E-state index in [0.717, 1.165) is 16.9 Å². The SMILES string of the molecule is CSCc1nc2ccccc2n1CC(=O)OCC(=O)Nc1ccc(F)cc1. The van der Waals surface area contributed by atoms with Crippen LogP contribution in [0.1, 0.15) is 5.82 Å². The second kappa shape index (κ2) is 8.68. The van der Waals surface area contributed by atoms with Crippen LogP contribution in [0.4, 0.5) is 10.1 Å². The number of imidazole rings is 1. The smallest absolute Gasteiger partial charge is 0.326 e. The zero-order valence-corrected chi connectivity index (χ0v) is 15.5. The zero-order valence-electron chi connectivity index (χ0n) is 14.6. The number of hydrogen-bond acceptors (Lipinski definition) is 5. The van der Waals surface area contributed by atoms with Crippen molar-refractivity contribution in [2.75, 3.05) is 18.2 Å². The van der Waals surface area contributed by atoms with Crippen LogP contribution < -0.4 is 5.32 Å². The quantitative estimate of drug-likeness (QED) is 0.630. The predicted octanol–water partition coefficient (Wildman–Crippen LogP) is 3.22. The Bertz CT molecular complexity index is 956. The summed E-state index contributed by atoms with van der Waals surface area (Å²) in [5.41, 5.74) is 2.08. The lowest BCUT2D eigenvalue weighted by Gasteiger charge is -2.09. The van der Waals surface area contributed by atoms with E-state index in [9.17, 15) is 14.0 Å². The number of thioether (sulfide) groups is 1. The number of anilines is 1. The van der Waals surface area contributed by atoms with Crippen molar-refractivity contribution in [3.63, 3.8) is 0 Å². The summed E-state index contributed by atoms with van der Waals surface area (Å²) in [5.74, 6) is 0.0153. The first kappa shape index (κ1) is 18.9. The van der Waals surface area contributed by atoms with Gasteiger partial charge in [0.15, 0.2) is 6.61 Å². The minimum atomic E-state index is -0.533. The molecule has 140 valence electrons. The van der Waals surface area contributed by atoms with Crippen LogP contribution in [0.2, 0.25) is 0 Å². The van der Waals surface area contributed by atoms with Crippen molar-refractivity contribution in [3.8, 4) is 0 Å². The van der Waals surface area contributed by atoms with Crippen molar-refractivity contribution in [2.45, 2.75) is 12.3 Å². The zero-order chi connectivity index (χ0) is 19.2. The van der Waals surface area contributed by atoms with E-state index in [-0.39, 0.29) is 6.54 Å². The fraction of sp³-hybridized carbons (Fsp3) is 0.211. The van der Waals surface area contributed by atoms with E-state index >= 15 is 0 Å². The van der Waals surface area contributed by atoms with Crippen molar-refractivity contribution >= 4 is 40.4 Å². The minimum absolute atomic E-state index is 0.0275. The molecule has 1 amide bonds. The van der Waals surface area contributed by atoms with Gasteiger partial charge in [0, 0.05) is 5.69 Å². The second-order valence-electron chi connectivity index (χ2n) is 5.75. The molecule has 0 radical (unpaired) electrons. The molecule has 0 fully saturated rings. The molecule has 0 aliphatic rings. The summed E-state index contributed by atoms with van der Waals surface area (Å²) < 4.78 is 19.7. The number of fused-ring (bicyclic) bond motifs is 1. The molecular formula is C19H18FN3O3S. The number of hydrogen-bond donors (Lipinski definition) is 1. The number of carbonyl (C=O) groups excluding carboxylic acids is 2. The molecule has 0 aliphatic carbocycles. The van der Waals surface area contributed by atoms with Gasteiger partial charge in [0.2, 0.25) is 0 Å². The predicted molar refractivity (Wildman–Crippen MR) is 103 cm³/mol. The van der Waals surface area contributed by atoms with Crippen molar-refractivity contribution in [2.24, 2.45) is 0 Å². The van der Waals surface area contributed by atoms with Gasteiger partial charge in [-0.2, -0.15) is 11.8 Å². The summed E-state index contributed by atoms with van der Waals surface area (Å²) in [4.78, 5) is 28.6. The number of nitrogens with zero attached hydrogens (tertiary/aromatic N) is 2. The lowest BCUT2D eigenvalue weighted by molar-refractivity contribution is -0.147. The molecule has 0 spiro atoms. The van der Waals surface area contributed by atoms with Gasteiger partial charge in [-0.3, -0.25) is 9.59 Å². The molecule has 8 heteroatoms.